The second-order valence-electron chi connectivity index (χ2n) is 6.47. The molecular weight excluding hydrogens is 394 g/mol. The van der Waals surface area contributed by atoms with Crippen molar-refractivity contribution in [3.05, 3.63) is 53.7 Å². The molecule has 9 heteroatoms. The van der Waals surface area contributed by atoms with Gasteiger partial charge in [-0.1, -0.05) is 23.4 Å². The quantitative estimate of drug-likeness (QED) is 0.635. The Bertz CT molecular complexity index is 1170. The van der Waals surface area contributed by atoms with E-state index in [1.54, 1.807) is 50.2 Å². The van der Waals surface area contributed by atoms with Crippen molar-refractivity contribution in [2.75, 3.05) is 17.1 Å². The monoisotopic (exact) mass is 415 g/mol. The summed E-state index contributed by atoms with van der Waals surface area (Å²) >= 11 is 0. The number of methoxy groups -OCH3 is 1. The first kappa shape index (κ1) is 20.4. The maximum absolute atomic E-state index is 13.0. The number of hydrogen-bond acceptors (Lipinski definition) is 6. The van der Waals surface area contributed by atoms with Crippen LogP contribution < -0.4 is 14.8 Å². The van der Waals surface area contributed by atoms with Gasteiger partial charge in [-0.25, -0.2) is 8.42 Å². The van der Waals surface area contributed by atoms with E-state index in [0.717, 1.165) is 0 Å². The Labute approximate surface area is 168 Å². The van der Waals surface area contributed by atoms with Crippen molar-refractivity contribution < 1.29 is 22.5 Å². The molecule has 2 aromatic carbocycles. The zero-order chi connectivity index (χ0) is 21.2. The van der Waals surface area contributed by atoms with Crippen LogP contribution in [0.5, 0.6) is 5.75 Å². The Balaban J connectivity index is 2.03. The first-order chi connectivity index (χ1) is 13.7. The molecule has 0 unspecified atom stereocenters. The highest BCUT2D eigenvalue weighted by atomic mass is 32.2. The third kappa shape index (κ3) is 4.40. The van der Waals surface area contributed by atoms with Crippen molar-refractivity contribution in [2.24, 2.45) is 0 Å². The summed E-state index contributed by atoms with van der Waals surface area (Å²) in [6.45, 7) is 4.77. The molecule has 1 aromatic heterocycles. The number of amides is 1. The summed E-state index contributed by atoms with van der Waals surface area (Å²) in [7, 11) is -2.37. The molecule has 0 aliphatic carbocycles. The molecule has 1 heterocycles. The minimum Gasteiger partial charge on any atom is -0.497 e. The number of hydrogen-bond donors (Lipinski definition) is 2. The average Bonchev–Trinajstić information content (AvgIpc) is 3.01. The lowest BCUT2D eigenvalue weighted by Gasteiger charge is -2.13. The van der Waals surface area contributed by atoms with Crippen molar-refractivity contribution in [1.82, 2.24) is 5.16 Å². The molecule has 3 rings (SSSR count). The van der Waals surface area contributed by atoms with Crippen LogP contribution in [0.15, 0.2) is 51.9 Å². The Hall–Kier alpha value is -3.33. The average molecular weight is 415 g/mol. The number of benzene rings is 2. The van der Waals surface area contributed by atoms with Gasteiger partial charge in [0.15, 0.2) is 0 Å². The van der Waals surface area contributed by atoms with Crippen LogP contribution >= 0.6 is 0 Å². The van der Waals surface area contributed by atoms with E-state index in [2.05, 4.69) is 15.2 Å². The van der Waals surface area contributed by atoms with Gasteiger partial charge < -0.3 is 9.26 Å². The fourth-order valence-corrected chi connectivity index (χ4v) is 4.22. The van der Waals surface area contributed by atoms with Crippen LogP contribution in [0, 0.1) is 13.8 Å². The third-order valence-corrected chi connectivity index (χ3v) is 5.76. The number of nitrogens with one attached hydrogen (secondary N) is 2. The number of anilines is 2. The Morgan fingerprint density at radius 3 is 2.59 bits per heavy atom. The standard InChI is InChI=1S/C20H21N3O5S/c1-12-8-9-15(19-13(2)22-28-20(19)21-14(3)24)10-18(12)29(25,26)23-16-6-5-7-17(11-16)27-4/h5-11,23H,1-4H3,(H,21,24). The molecule has 0 spiro atoms. The fourth-order valence-electron chi connectivity index (χ4n) is 2.90. The van der Waals surface area contributed by atoms with E-state index in [1.165, 1.54) is 20.1 Å². The van der Waals surface area contributed by atoms with Gasteiger partial charge in [0, 0.05) is 13.0 Å². The summed E-state index contributed by atoms with van der Waals surface area (Å²) in [5.41, 5.74) is 2.57. The molecule has 8 nitrogen and oxygen atoms in total. The highest BCUT2D eigenvalue weighted by Crippen LogP contribution is 2.34. The van der Waals surface area contributed by atoms with Gasteiger partial charge in [0.25, 0.3) is 10.0 Å². The van der Waals surface area contributed by atoms with Gasteiger partial charge in [0.2, 0.25) is 11.8 Å². The van der Waals surface area contributed by atoms with E-state index in [4.69, 9.17) is 9.26 Å². The van der Waals surface area contributed by atoms with Gasteiger partial charge in [-0.2, -0.15) is 0 Å². The van der Waals surface area contributed by atoms with Crippen molar-refractivity contribution in [3.63, 3.8) is 0 Å². The molecule has 0 aliphatic rings. The number of aryl methyl sites for hydroxylation is 2. The number of rotatable bonds is 6. The smallest absolute Gasteiger partial charge is 0.262 e. The molecule has 2 N–H and O–H groups in total. The van der Waals surface area contributed by atoms with Gasteiger partial charge in [-0.15, -0.1) is 0 Å². The van der Waals surface area contributed by atoms with Gasteiger partial charge >= 0.3 is 0 Å². The number of ether oxygens (including phenoxy) is 1. The molecule has 152 valence electrons. The van der Waals surface area contributed by atoms with E-state index in [-0.39, 0.29) is 16.7 Å². The lowest BCUT2D eigenvalue weighted by Crippen LogP contribution is -2.14. The van der Waals surface area contributed by atoms with Crippen molar-refractivity contribution in [3.8, 4) is 16.9 Å². The van der Waals surface area contributed by atoms with Gasteiger partial charge in [0.05, 0.1) is 29.0 Å². The van der Waals surface area contributed by atoms with E-state index < -0.39 is 10.0 Å². The topological polar surface area (TPSA) is 111 Å². The molecule has 0 radical (unpaired) electrons. The lowest BCUT2D eigenvalue weighted by molar-refractivity contribution is -0.114. The molecule has 0 aliphatic heterocycles. The minimum atomic E-state index is -3.88. The van der Waals surface area contributed by atoms with E-state index in [9.17, 15) is 13.2 Å². The molecule has 3 aromatic rings. The van der Waals surface area contributed by atoms with Crippen LogP contribution in [0.4, 0.5) is 11.6 Å². The second kappa shape index (κ2) is 7.96. The molecule has 0 saturated heterocycles. The maximum Gasteiger partial charge on any atom is 0.262 e. The molecule has 0 atom stereocenters. The normalized spacial score (nSPS) is 11.2. The maximum atomic E-state index is 13.0. The molecular formula is C20H21N3O5S. The zero-order valence-corrected chi connectivity index (χ0v) is 17.3. The number of carbonyl (C=O) groups is 1. The summed E-state index contributed by atoms with van der Waals surface area (Å²) in [6, 6.07) is 11.6. The van der Waals surface area contributed by atoms with E-state index in [0.29, 0.717) is 33.8 Å². The van der Waals surface area contributed by atoms with Crippen LogP contribution in [-0.4, -0.2) is 26.6 Å². The number of carbonyl (C=O) groups excluding carboxylic acids is 1. The van der Waals surface area contributed by atoms with Crippen LogP contribution in [0.2, 0.25) is 0 Å². The highest BCUT2D eigenvalue weighted by molar-refractivity contribution is 7.92. The fraction of sp³-hybridized carbons (Fsp3) is 0.200. The van der Waals surface area contributed by atoms with Crippen LogP contribution in [0.25, 0.3) is 11.1 Å². The van der Waals surface area contributed by atoms with Crippen molar-refractivity contribution >= 4 is 27.5 Å². The van der Waals surface area contributed by atoms with E-state index in [1.807, 2.05) is 0 Å². The highest BCUT2D eigenvalue weighted by Gasteiger charge is 2.22. The van der Waals surface area contributed by atoms with Crippen LogP contribution in [0.1, 0.15) is 18.2 Å². The van der Waals surface area contributed by atoms with E-state index >= 15 is 0 Å². The summed E-state index contributed by atoms with van der Waals surface area (Å²) in [6.07, 6.45) is 0. The van der Waals surface area contributed by atoms with Gasteiger partial charge in [-0.05, 0) is 43.2 Å². The Kier molecular flexibility index (Phi) is 5.60. The predicted molar refractivity (Wildman–Crippen MR) is 110 cm³/mol. The molecule has 1 amide bonds. The SMILES string of the molecule is COc1cccc(NS(=O)(=O)c2cc(-c3c(C)noc3NC(C)=O)ccc2C)c1. The summed E-state index contributed by atoms with van der Waals surface area (Å²) in [4.78, 5) is 11.5. The molecule has 0 saturated carbocycles. The molecule has 0 bridgehead atoms. The Morgan fingerprint density at radius 1 is 1.14 bits per heavy atom. The Morgan fingerprint density at radius 2 is 1.90 bits per heavy atom. The first-order valence-electron chi connectivity index (χ1n) is 8.73. The molecule has 0 fully saturated rings. The zero-order valence-electron chi connectivity index (χ0n) is 16.4. The van der Waals surface area contributed by atoms with Gasteiger partial charge in [-0.3, -0.25) is 14.8 Å². The first-order valence-corrected chi connectivity index (χ1v) is 10.2. The lowest BCUT2D eigenvalue weighted by atomic mass is 10.0. The molecule has 29 heavy (non-hydrogen) atoms. The number of sulfonamides is 1. The van der Waals surface area contributed by atoms with Crippen molar-refractivity contribution in [1.29, 1.82) is 0 Å². The summed E-state index contributed by atoms with van der Waals surface area (Å²) < 4.78 is 38.9. The predicted octanol–water partition coefficient (Wildman–Crippen LogP) is 3.73. The van der Waals surface area contributed by atoms with Gasteiger partial charge in [0.1, 0.15) is 5.75 Å². The second-order valence-corrected chi connectivity index (χ2v) is 8.12. The van der Waals surface area contributed by atoms with Crippen LogP contribution in [-0.2, 0) is 14.8 Å². The summed E-state index contributed by atoms with van der Waals surface area (Å²) in [5.74, 6) is 0.390. The minimum absolute atomic E-state index is 0.104. The number of aromatic nitrogens is 1. The third-order valence-electron chi connectivity index (χ3n) is 4.24. The van der Waals surface area contributed by atoms with Crippen LogP contribution in [0.3, 0.4) is 0 Å². The largest absolute Gasteiger partial charge is 0.497 e. The van der Waals surface area contributed by atoms with Crippen molar-refractivity contribution in [2.45, 2.75) is 25.7 Å². The number of nitrogens with zero attached hydrogens (tertiary/aromatic N) is 1. The summed E-state index contributed by atoms with van der Waals surface area (Å²) in [5, 5.41) is 6.45.